The van der Waals surface area contributed by atoms with E-state index in [1.54, 1.807) is 31.2 Å². The van der Waals surface area contributed by atoms with Crippen LogP contribution in [0.5, 0.6) is 5.75 Å². The van der Waals surface area contributed by atoms with E-state index in [-0.39, 0.29) is 17.2 Å². The van der Waals surface area contributed by atoms with Gasteiger partial charge in [-0.3, -0.25) is 10.1 Å². The number of nitro groups is 1. The van der Waals surface area contributed by atoms with Crippen molar-refractivity contribution < 1.29 is 19.6 Å². The minimum atomic E-state index is -1.03. The topological polar surface area (TPSA) is 89.7 Å². The third kappa shape index (κ3) is 3.57. The second-order valence-corrected chi connectivity index (χ2v) is 5.60. The highest BCUT2D eigenvalue weighted by molar-refractivity contribution is 7.14. The van der Waals surface area contributed by atoms with E-state index in [1.165, 1.54) is 6.07 Å². The number of ether oxygens (including phenoxy) is 1. The van der Waals surface area contributed by atoms with Crippen LogP contribution < -0.4 is 4.74 Å². The number of hydrogen-bond donors (Lipinski definition) is 1. The maximum atomic E-state index is 11.1. The maximum absolute atomic E-state index is 11.1. The highest BCUT2D eigenvalue weighted by Gasteiger charge is 2.16. The van der Waals surface area contributed by atoms with Crippen molar-refractivity contribution in [3.05, 3.63) is 55.8 Å². The van der Waals surface area contributed by atoms with E-state index in [0.717, 1.165) is 16.2 Å². The fourth-order valence-corrected chi connectivity index (χ4v) is 2.71. The number of rotatable bonds is 6. The van der Waals surface area contributed by atoms with Crippen LogP contribution >= 0.6 is 11.3 Å². The zero-order chi connectivity index (χ0) is 15.4. The van der Waals surface area contributed by atoms with Crippen LogP contribution in [-0.2, 0) is 6.42 Å². The van der Waals surface area contributed by atoms with E-state index < -0.39 is 10.9 Å². The lowest BCUT2D eigenvalue weighted by Crippen LogP contribution is -2.05. The molecule has 1 aromatic carbocycles. The first-order chi connectivity index (χ1) is 9.99. The minimum absolute atomic E-state index is 0.0426. The van der Waals surface area contributed by atoms with Crippen molar-refractivity contribution in [3.63, 3.8) is 0 Å². The molecular weight excluding hydrogens is 294 g/mol. The third-order valence-corrected chi connectivity index (χ3v) is 3.85. The van der Waals surface area contributed by atoms with Gasteiger partial charge in [-0.15, -0.1) is 11.3 Å². The van der Waals surface area contributed by atoms with Gasteiger partial charge < -0.3 is 9.84 Å². The summed E-state index contributed by atoms with van der Waals surface area (Å²) in [7, 11) is 0. The molecule has 0 aliphatic heterocycles. The number of nitro benzene ring substituents is 1. The second-order valence-electron chi connectivity index (χ2n) is 4.34. The number of carboxylic acids is 1. The molecule has 0 bridgehead atoms. The van der Waals surface area contributed by atoms with Crippen LogP contribution in [0.4, 0.5) is 5.69 Å². The highest BCUT2D eigenvalue weighted by atomic mass is 32.1. The van der Waals surface area contributed by atoms with Gasteiger partial charge >= 0.3 is 5.97 Å². The Balaban J connectivity index is 2.06. The first-order valence-corrected chi connectivity index (χ1v) is 6.99. The molecule has 0 amide bonds. The quantitative estimate of drug-likeness (QED) is 0.653. The molecule has 7 heteroatoms. The van der Waals surface area contributed by atoms with Crippen molar-refractivity contribution >= 4 is 23.0 Å². The summed E-state index contributed by atoms with van der Waals surface area (Å²) >= 11 is 1.14. The number of aryl methyl sites for hydroxylation is 1. The molecule has 0 unspecified atom stereocenters. The number of thiophene rings is 1. The molecule has 0 saturated carbocycles. The molecule has 21 heavy (non-hydrogen) atoms. The van der Waals surface area contributed by atoms with E-state index in [0.29, 0.717) is 17.7 Å². The molecule has 0 aliphatic carbocycles. The predicted molar refractivity (Wildman–Crippen MR) is 78.3 cm³/mol. The summed E-state index contributed by atoms with van der Waals surface area (Å²) in [6, 6.07) is 8.09. The van der Waals surface area contributed by atoms with E-state index in [9.17, 15) is 14.9 Å². The van der Waals surface area contributed by atoms with Gasteiger partial charge in [0.15, 0.2) is 4.88 Å². The SMILES string of the molecule is Cc1cc(OCCc2ccccc2[N+](=O)[O-])c(C(=O)O)s1. The minimum Gasteiger partial charge on any atom is -0.491 e. The van der Waals surface area contributed by atoms with Crippen LogP contribution in [0.25, 0.3) is 0 Å². The zero-order valence-electron chi connectivity index (χ0n) is 11.2. The van der Waals surface area contributed by atoms with Gasteiger partial charge in [0.25, 0.3) is 5.69 Å². The molecule has 0 aliphatic rings. The molecule has 2 rings (SSSR count). The van der Waals surface area contributed by atoms with Crippen molar-refractivity contribution in [3.8, 4) is 5.75 Å². The summed E-state index contributed by atoms with van der Waals surface area (Å²) in [4.78, 5) is 22.5. The van der Waals surface area contributed by atoms with Crippen molar-refractivity contribution in [2.24, 2.45) is 0 Å². The van der Waals surface area contributed by atoms with E-state index in [1.807, 2.05) is 0 Å². The van der Waals surface area contributed by atoms with Gasteiger partial charge in [-0.1, -0.05) is 18.2 Å². The largest absolute Gasteiger partial charge is 0.491 e. The predicted octanol–water partition coefficient (Wildman–Crippen LogP) is 3.28. The van der Waals surface area contributed by atoms with Gasteiger partial charge in [0.2, 0.25) is 0 Å². The molecule has 0 atom stereocenters. The molecule has 0 radical (unpaired) electrons. The van der Waals surface area contributed by atoms with Crippen LogP contribution in [0, 0.1) is 17.0 Å². The summed E-state index contributed by atoms with van der Waals surface area (Å²) in [6.07, 6.45) is 0.338. The lowest BCUT2D eigenvalue weighted by Gasteiger charge is -2.06. The molecule has 0 spiro atoms. The van der Waals surface area contributed by atoms with Crippen molar-refractivity contribution in [1.29, 1.82) is 0 Å². The lowest BCUT2D eigenvalue weighted by molar-refractivity contribution is -0.385. The van der Waals surface area contributed by atoms with Crippen molar-refractivity contribution in [2.75, 3.05) is 6.61 Å². The monoisotopic (exact) mass is 307 g/mol. The van der Waals surface area contributed by atoms with Crippen LogP contribution in [0.3, 0.4) is 0 Å². The standard InChI is InChI=1S/C14H13NO5S/c1-9-8-12(13(21-9)14(16)17)20-7-6-10-4-2-3-5-11(10)15(18)19/h2-5,8H,6-7H2,1H3,(H,16,17). The lowest BCUT2D eigenvalue weighted by atomic mass is 10.1. The summed E-state index contributed by atoms with van der Waals surface area (Å²) in [6.45, 7) is 1.98. The van der Waals surface area contributed by atoms with Gasteiger partial charge in [0, 0.05) is 22.9 Å². The Labute approximate surface area is 124 Å². The fraction of sp³-hybridized carbons (Fsp3) is 0.214. The van der Waals surface area contributed by atoms with E-state index in [2.05, 4.69) is 0 Å². The molecule has 2 aromatic rings. The molecule has 1 aromatic heterocycles. The Kier molecular flexibility index (Phi) is 4.54. The smallest absolute Gasteiger partial charge is 0.349 e. The molecule has 0 saturated heterocycles. The van der Waals surface area contributed by atoms with Crippen molar-refractivity contribution in [1.82, 2.24) is 0 Å². The number of para-hydroxylation sites is 1. The summed E-state index contributed by atoms with van der Waals surface area (Å²) in [5.41, 5.74) is 0.604. The average Bonchev–Trinajstić information content (AvgIpc) is 2.80. The summed E-state index contributed by atoms with van der Waals surface area (Å²) in [5, 5.41) is 19.9. The van der Waals surface area contributed by atoms with E-state index in [4.69, 9.17) is 9.84 Å². The highest BCUT2D eigenvalue weighted by Crippen LogP contribution is 2.29. The first kappa shape index (κ1) is 15.0. The number of carboxylic acid groups (broad SMARTS) is 1. The summed E-state index contributed by atoms with van der Waals surface area (Å²) < 4.78 is 5.46. The molecule has 110 valence electrons. The Morgan fingerprint density at radius 3 is 2.81 bits per heavy atom. The van der Waals surface area contributed by atoms with Gasteiger partial charge in [-0.25, -0.2) is 4.79 Å². The maximum Gasteiger partial charge on any atom is 0.349 e. The van der Waals surface area contributed by atoms with Crippen LogP contribution in [0.2, 0.25) is 0 Å². The Morgan fingerprint density at radius 2 is 2.14 bits per heavy atom. The van der Waals surface area contributed by atoms with Crippen LogP contribution in [0.15, 0.2) is 30.3 Å². The number of hydrogen-bond acceptors (Lipinski definition) is 5. The van der Waals surface area contributed by atoms with Gasteiger partial charge in [-0.2, -0.15) is 0 Å². The van der Waals surface area contributed by atoms with Gasteiger partial charge in [-0.05, 0) is 13.0 Å². The summed E-state index contributed by atoms with van der Waals surface area (Å²) in [5.74, 6) is -0.725. The third-order valence-electron chi connectivity index (χ3n) is 2.83. The van der Waals surface area contributed by atoms with Crippen LogP contribution in [0.1, 0.15) is 20.1 Å². The molecule has 0 fully saturated rings. The molecule has 6 nitrogen and oxygen atoms in total. The molecule has 1 heterocycles. The molecular formula is C14H13NO5S. The zero-order valence-corrected chi connectivity index (χ0v) is 12.1. The fourth-order valence-electron chi connectivity index (χ4n) is 1.92. The molecule has 1 N–H and O–H groups in total. The van der Waals surface area contributed by atoms with Gasteiger partial charge in [0.1, 0.15) is 5.75 Å². The number of carbonyl (C=O) groups is 1. The second kappa shape index (κ2) is 6.36. The number of aromatic carboxylic acids is 1. The number of benzene rings is 1. The van der Waals surface area contributed by atoms with Crippen LogP contribution in [-0.4, -0.2) is 22.6 Å². The Bertz CT molecular complexity index is 680. The first-order valence-electron chi connectivity index (χ1n) is 6.18. The van der Waals surface area contributed by atoms with Crippen molar-refractivity contribution in [2.45, 2.75) is 13.3 Å². The van der Waals surface area contributed by atoms with E-state index >= 15 is 0 Å². The Hall–Kier alpha value is -2.41. The number of nitrogens with zero attached hydrogens (tertiary/aromatic N) is 1. The average molecular weight is 307 g/mol. The normalized spacial score (nSPS) is 10.3. The van der Waals surface area contributed by atoms with Gasteiger partial charge in [0.05, 0.1) is 11.5 Å². The Morgan fingerprint density at radius 1 is 1.43 bits per heavy atom.